The van der Waals surface area contributed by atoms with Crippen molar-refractivity contribution in [3.8, 4) is 11.5 Å². The molecule has 17 heavy (non-hydrogen) atoms. The summed E-state index contributed by atoms with van der Waals surface area (Å²) < 4.78 is 18.1. The second-order valence-corrected chi connectivity index (χ2v) is 3.29. The van der Waals surface area contributed by atoms with Crippen LogP contribution < -0.4 is 0 Å². The number of rotatable bonds is 4. The van der Waals surface area contributed by atoms with E-state index in [9.17, 15) is 9.18 Å². The molecular weight excluding hydrogens is 229 g/mol. The lowest BCUT2D eigenvalue weighted by atomic mass is 10.3. The van der Waals surface area contributed by atoms with E-state index in [1.165, 1.54) is 12.3 Å². The number of carbonyl (C=O) groups is 1. The lowest BCUT2D eigenvalue weighted by Gasteiger charge is -1.93. The summed E-state index contributed by atoms with van der Waals surface area (Å²) in [5.41, 5.74) is 0.360. The highest BCUT2D eigenvalue weighted by atomic mass is 19.1. The van der Waals surface area contributed by atoms with Crippen LogP contribution in [0.3, 0.4) is 0 Å². The third-order valence-corrected chi connectivity index (χ3v) is 1.97. The van der Waals surface area contributed by atoms with Gasteiger partial charge in [0, 0.05) is 12.6 Å². The molecule has 2 heterocycles. The van der Waals surface area contributed by atoms with Crippen LogP contribution in [-0.4, -0.2) is 26.3 Å². The zero-order chi connectivity index (χ0) is 12.3. The summed E-state index contributed by atoms with van der Waals surface area (Å²) in [6, 6.07) is 1.21. The van der Waals surface area contributed by atoms with Crippen molar-refractivity contribution in [1.29, 1.82) is 0 Å². The van der Waals surface area contributed by atoms with Crippen LogP contribution in [0.15, 0.2) is 22.9 Å². The largest absolute Gasteiger partial charge is 0.481 e. The number of aryl methyl sites for hydroxylation is 1. The smallest absolute Gasteiger partial charge is 0.303 e. The first-order valence-electron chi connectivity index (χ1n) is 4.80. The molecular formula is C10H8FN3O3. The quantitative estimate of drug-likeness (QED) is 0.861. The van der Waals surface area contributed by atoms with Crippen molar-refractivity contribution in [2.75, 3.05) is 0 Å². The van der Waals surface area contributed by atoms with E-state index in [0.29, 0.717) is 5.56 Å². The molecule has 0 amide bonds. The Morgan fingerprint density at radius 1 is 1.41 bits per heavy atom. The van der Waals surface area contributed by atoms with E-state index in [2.05, 4.69) is 15.2 Å². The van der Waals surface area contributed by atoms with Crippen LogP contribution >= 0.6 is 0 Å². The first-order valence-corrected chi connectivity index (χ1v) is 4.80. The third-order valence-electron chi connectivity index (χ3n) is 1.97. The molecule has 0 saturated carbocycles. The van der Waals surface area contributed by atoms with Crippen molar-refractivity contribution in [3.63, 3.8) is 0 Å². The van der Waals surface area contributed by atoms with E-state index in [-0.39, 0.29) is 24.6 Å². The Bertz CT molecular complexity index is 541. The van der Waals surface area contributed by atoms with Gasteiger partial charge in [0.2, 0.25) is 11.8 Å². The molecule has 7 heteroatoms. The van der Waals surface area contributed by atoms with Crippen molar-refractivity contribution in [2.24, 2.45) is 0 Å². The molecule has 0 radical (unpaired) electrons. The Hall–Kier alpha value is -2.31. The fraction of sp³-hybridized carbons (Fsp3) is 0.200. The SMILES string of the molecule is O=C(O)CCc1nnc(-c2cncc(F)c2)o1. The lowest BCUT2D eigenvalue weighted by Crippen LogP contribution is -1.97. The molecule has 88 valence electrons. The van der Waals surface area contributed by atoms with E-state index in [1.807, 2.05) is 0 Å². The van der Waals surface area contributed by atoms with Crippen molar-refractivity contribution < 1.29 is 18.7 Å². The molecule has 0 spiro atoms. The van der Waals surface area contributed by atoms with Crippen LogP contribution in [0, 0.1) is 5.82 Å². The van der Waals surface area contributed by atoms with Gasteiger partial charge in [-0.2, -0.15) is 0 Å². The predicted molar refractivity (Wildman–Crippen MR) is 53.4 cm³/mol. The number of hydrogen-bond donors (Lipinski definition) is 1. The van der Waals surface area contributed by atoms with Gasteiger partial charge in [-0.1, -0.05) is 0 Å². The molecule has 0 aromatic carbocycles. The van der Waals surface area contributed by atoms with Crippen molar-refractivity contribution in [3.05, 3.63) is 30.2 Å². The predicted octanol–water partition coefficient (Wildman–Crippen LogP) is 1.29. The maximum absolute atomic E-state index is 12.9. The van der Waals surface area contributed by atoms with Crippen LogP contribution in [0.1, 0.15) is 12.3 Å². The highest BCUT2D eigenvalue weighted by Gasteiger charge is 2.10. The lowest BCUT2D eigenvalue weighted by molar-refractivity contribution is -0.137. The average Bonchev–Trinajstić information content (AvgIpc) is 2.75. The Morgan fingerprint density at radius 3 is 2.94 bits per heavy atom. The minimum Gasteiger partial charge on any atom is -0.481 e. The summed E-state index contributed by atoms with van der Waals surface area (Å²) >= 11 is 0. The molecule has 0 unspecified atom stereocenters. The van der Waals surface area contributed by atoms with Crippen LogP contribution in [0.4, 0.5) is 4.39 Å². The zero-order valence-corrected chi connectivity index (χ0v) is 8.63. The summed E-state index contributed by atoms with van der Waals surface area (Å²) in [6.45, 7) is 0. The maximum Gasteiger partial charge on any atom is 0.303 e. The molecule has 0 atom stereocenters. The number of nitrogens with zero attached hydrogens (tertiary/aromatic N) is 3. The van der Waals surface area contributed by atoms with Crippen molar-refractivity contribution in [2.45, 2.75) is 12.8 Å². The second-order valence-electron chi connectivity index (χ2n) is 3.29. The minimum atomic E-state index is -0.947. The number of carboxylic acid groups (broad SMARTS) is 1. The fourth-order valence-corrected chi connectivity index (χ4v) is 1.21. The summed E-state index contributed by atoms with van der Waals surface area (Å²) in [4.78, 5) is 14.0. The number of pyridine rings is 1. The molecule has 0 aliphatic carbocycles. The third kappa shape index (κ3) is 2.83. The van der Waals surface area contributed by atoms with Gasteiger partial charge < -0.3 is 9.52 Å². The minimum absolute atomic E-state index is 0.0942. The molecule has 0 aliphatic heterocycles. The van der Waals surface area contributed by atoms with Gasteiger partial charge in [0.05, 0.1) is 18.2 Å². The van der Waals surface area contributed by atoms with E-state index in [1.54, 1.807) is 0 Å². The van der Waals surface area contributed by atoms with E-state index in [4.69, 9.17) is 9.52 Å². The first kappa shape index (κ1) is 11.2. The Labute approximate surface area is 95.1 Å². The molecule has 0 fully saturated rings. The summed E-state index contributed by atoms with van der Waals surface area (Å²) in [5.74, 6) is -1.13. The molecule has 2 aromatic rings. The second kappa shape index (κ2) is 4.69. The van der Waals surface area contributed by atoms with E-state index >= 15 is 0 Å². The van der Waals surface area contributed by atoms with Crippen molar-refractivity contribution in [1.82, 2.24) is 15.2 Å². The molecule has 2 aromatic heterocycles. The van der Waals surface area contributed by atoms with Gasteiger partial charge in [-0.25, -0.2) is 4.39 Å². The number of hydrogen-bond acceptors (Lipinski definition) is 5. The molecule has 0 bridgehead atoms. The number of carboxylic acids is 1. The first-order chi connectivity index (χ1) is 8.15. The topological polar surface area (TPSA) is 89.1 Å². The normalized spacial score (nSPS) is 10.4. The number of aromatic nitrogens is 3. The van der Waals surface area contributed by atoms with Gasteiger partial charge in [0.25, 0.3) is 0 Å². The van der Waals surface area contributed by atoms with Crippen LogP contribution in [0.5, 0.6) is 0 Å². The van der Waals surface area contributed by atoms with Crippen LogP contribution in [0.25, 0.3) is 11.5 Å². The van der Waals surface area contributed by atoms with Gasteiger partial charge in [0.15, 0.2) is 0 Å². The van der Waals surface area contributed by atoms with E-state index in [0.717, 1.165) is 6.20 Å². The summed E-state index contributed by atoms with van der Waals surface area (Å²) in [6.07, 6.45) is 2.50. The van der Waals surface area contributed by atoms with Gasteiger partial charge in [-0.3, -0.25) is 9.78 Å². The molecule has 0 aliphatic rings. The molecule has 6 nitrogen and oxygen atoms in total. The van der Waals surface area contributed by atoms with Gasteiger partial charge in [-0.15, -0.1) is 10.2 Å². The Balaban J connectivity index is 2.15. The van der Waals surface area contributed by atoms with Gasteiger partial charge in [-0.05, 0) is 6.07 Å². The summed E-state index contributed by atoms with van der Waals surface area (Å²) in [5, 5.41) is 15.8. The van der Waals surface area contributed by atoms with Crippen LogP contribution in [-0.2, 0) is 11.2 Å². The highest BCUT2D eigenvalue weighted by Crippen LogP contribution is 2.17. The monoisotopic (exact) mass is 237 g/mol. The average molecular weight is 237 g/mol. The zero-order valence-electron chi connectivity index (χ0n) is 8.63. The van der Waals surface area contributed by atoms with Gasteiger partial charge >= 0.3 is 5.97 Å². The standard InChI is InChI=1S/C10H8FN3O3/c11-7-3-6(4-12-5-7)10-14-13-8(17-10)1-2-9(15)16/h3-5H,1-2H2,(H,15,16). The van der Waals surface area contributed by atoms with Crippen LogP contribution in [0.2, 0.25) is 0 Å². The van der Waals surface area contributed by atoms with Gasteiger partial charge in [0.1, 0.15) is 5.82 Å². The van der Waals surface area contributed by atoms with E-state index < -0.39 is 11.8 Å². The maximum atomic E-state index is 12.9. The van der Waals surface area contributed by atoms with Crippen molar-refractivity contribution >= 4 is 5.97 Å². The number of halogens is 1. The highest BCUT2D eigenvalue weighted by molar-refractivity contribution is 5.66. The Kier molecular flexibility index (Phi) is 3.08. The molecule has 0 saturated heterocycles. The number of aliphatic carboxylic acids is 1. The Morgan fingerprint density at radius 2 is 2.24 bits per heavy atom. The summed E-state index contributed by atoms with van der Waals surface area (Å²) in [7, 11) is 0. The fourth-order valence-electron chi connectivity index (χ4n) is 1.21. The molecule has 2 rings (SSSR count). The molecule has 1 N–H and O–H groups in total.